The summed E-state index contributed by atoms with van der Waals surface area (Å²) in [6.07, 6.45) is -4.44. The normalized spacial score (nSPS) is 21.5. The lowest BCUT2D eigenvalue weighted by atomic mass is 10.0. The summed E-state index contributed by atoms with van der Waals surface area (Å²) >= 11 is 0. The number of aliphatic hydroxyl groups excluding tert-OH is 5. The highest BCUT2D eigenvalue weighted by Crippen LogP contribution is 2.02. The Morgan fingerprint density at radius 3 is 1.75 bits per heavy atom. The first-order valence-corrected chi connectivity index (χ1v) is 3.56. The molecule has 0 aromatic rings. The van der Waals surface area contributed by atoms with Crippen molar-refractivity contribution in [1.29, 1.82) is 0 Å². The Bertz CT molecular complexity index is 109. The predicted octanol–water partition coefficient (Wildman–Crippen LogP) is -3.62. The summed E-state index contributed by atoms with van der Waals surface area (Å²) in [4.78, 5) is 0. The van der Waals surface area contributed by atoms with Crippen molar-refractivity contribution in [2.24, 2.45) is 5.73 Å². The van der Waals surface area contributed by atoms with Crippen molar-refractivity contribution >= 4 is 0 Å². The Balaban J connectivity index is 3.99. The molecule has 4 atom stereocenters. The minimum Gasteiger partial charge on any atom is -0.395 e. The van der Waals surface area contributed by atoms with Crippen molar-refractivity contribution in [3.05, 3.63) is 0 Å². The highest BCUT2D eigenvalue weighted by Gasteiger charge is 2.28. The summed E-state index contributed by atoms with van der Waals surface area (Å²) in [5.74, 6) is 0. The molecule has 0 aliphatic rings. The number of hydrogen-bond acceptors (Lipinski definition) is 6. The molecule has 0 rings (SSSR count). The van der Waals surface area contributed by atoms with Crippen LogP contribution in [0.5, 0.6) is 0 Å². The van der Waals surface area contributed by atoms with Crippen LogP contribution >= 0.6 is 0 Å². The van der Waals surface area contributed by atoms with E-state index in [4.69, 9.17) is 31.3 Å². The van der Waals surface area contributed by atoms with Crippen molar-refractivity contribution < 1.29 is 25.5 Å². The maximum Gasteiger partial charge on any atom is 0.110 e. The third-order valence-corrected chi connectivity index (χ3v) is 1.58. The standard InChI is InChI=1S/C6H15NO5/c7-3(1-8)5(11)6(12)4(10)2-9/h3-6,8-12H,1-2,7H2/t3-,4+,5-,6+/m1/s1. The van der Waals surface area contributed by atoms with Crippen molar-refractivity contribution in [3.63, 3.8) is 0 Å². The molecule has 0 aliphatic heterocycles. The SMILES string of the molecule is N[C@H](CO)[C@@H](O)[C@@H](O)[C@@H](O)CO. The van der Waals surface area contributed by atoms with Crippen LogP contribution < -0.4 is 5.73 Å². The van der Waals surface area contributed by atoms with Gasteiger partial charge < -0.3 is 31.3 Å². The summed E-state index contributed by atoms with van der Waals surface area (Å²) in [5.41, 5.74) is 5.16. The maximum absolute atomic E-state index is 9.08. The molecule has 0 radical (unpaired) electrons. The molecular formula is C6H15NO5. The summed E-state index contributed by atoms with van der Waals surface area (Å²) in [7, 11) is 0. The van der Waals surface area contributed by atoms with E-state index in [2.05, 4.69) is 0 Å². The molecule has 0 saturated heterocycles. The zero-order chi connectivity index (χ0) is 9.72. The van der Waals surface area contributed by atoms with E-state index in [1.807, 2.05) is 0 Å². The average Bonchev–Trinajstić information content (AvgIpc) is 2.12. The van der Waals surface area contributed by atoms with E-state index in [1.165, 1.54) is 0 Å². The van der Waals surface area contributed by atoms with E-state index in [-0.39, 0.29) is 0 Å². The van der Waals surface area contributed by atoms with Gasteiger partial charge in [-0.05, 0) is 0 Å². The molecule has 0 aromatic heterocycles. The summed E-state index contributed by atoms with van der Waals surface area (Å²) in [5, 5.41) is 43.8. The molecular weight excluding hydrogens is 166 g/mol. The Morgan fingerprint density at radius 2 is 1.42 bits per heavy atom. The van der Waals surface area contributed by atoms with Gasteiger partial charge in [-0.2, -0.15) is 0 Å². The lowest BCUT2D eigenvalue weighted by molar-refractivity contribution is -0.0873. The molecule has 0 fully saturated rings. The minimum atomic E-state index is -1.54. The predicted molar refractivity (Wildman–Crippen MR) is 40.2 cm³/mol. The highest BCUT2D eigenvalue weighted by molar-refractivity contribution is 4.82. The zero-order valence-electron chi connectivity index (χ0n) is 6.54. The van der Waals surface area contributed by atoms with Crippen LogP contribution in [0.25, 0.3) is 0 Å². The van der Waals surface area contributed by atoms with Gasteiger partial charge in [-0.1, -0.05) is 0 Å². The second kappa shape index (κ2) is 5.41. The van der Waals surface area contributed by atoms with E-state index in [0.717, 1.165) is 0 Å². The van der Waals surface area contributed by atoms with E-state index < -0.39 is 37.6 Å². The van der Waals surface area contributed by atoms with Crippen LogP contribution in [0.1, 0.15) is 0 Å². The minimum absolute atomic E-state index is 0.504. The average molecular weight is 181 g/mol. The van der Waals surface area contributed by atoms with Crippen molar-refractivity contribution in [1.82, 2.24) is 0 Å². The highest BCUT2D eigenvalue weighted by atomic mass is 16.4. The number of nitrogens with two attached hydrogens (primary N) is 1. The van der Waals surface area contributed by atoms with Crippen LogP contribution in [0.2, 0.25) is 0 Å². The maximum atomic E-state index is 9.08. The van der Waals surface area contributed by atoms with Gasteiger partial charge in [-0.25, -0.2) is 0 Å². The van der Waals surface area contributed by atoms with Gasteiger partial charge in [0.25, 0.3) is 0 Å². The van der Waals surface area contributed by atoms with Gasteiger partial charge in [0.15, 0.2) is 0 Å². The van der Waals surface area contributed by atoms with Gasteiger partial charge in [0.1, 0.15) is 12.2 Å². The monoisotopic (exact) mass is 181 g/mol. The third kappa shape index (κ3) is 3.02. The molecule has 74 valence electrons. The van der Waals surface area contributed by atoms with Crippen LogP contribution in [-0.2, 0) is 0 Å². The first-order chi connectivity index (χ1) is 5.54. The van der Waals surface area contributed by atoms with E-state index in [0.29, 0.717) is 0 Å². The molecule has 0 aliphatic carbocycles. The molecule has 6 nitrogen and oxygen atoms in total. The number of aliphatic hydroxyl groups is 5. The topological polar surface area (TPSA) is 127 Å². The first-order valence-electron chi connectivity index (χ1n) is 3.56. The van der Waals surface area contributed by atoms with Crippen LogP contribution in [0.4, 0.5) is 0 Å². The van der Waals surface area contributed by atoms with Crippen LogP contribution in [0.15, 0.2) is 0 Å². The van der Waals surface area contributed by atoms with Crippen LogP contribution in [0, 0.1) is 0 Å². The van der Waals surface area contributed by atoms with Gasteiger partial charge in [0, 0.05) is 0 Å². The lowest BCUT2D eigenvalue weighted by Gasteiger charge is -2.24. The molecule has 6 heteroatoms. The van der Waals surface area contributed by atoms with Gasteiger partial charge in [-0.15, -0.1) is 0 Å². The summed E-state index contributed by atoms with van der Waals surface area (Å²) in [6, 6.07) is -1.03. The van der Waals surface area contributed by atoms with Crippen molar-refractivity contribution in [2.75, 3.05) is 13.2 Å². The van der Waals surface area contributed by atoms with Crippen molar-refractivity contribution in [2.45, 2.75) is 24.4 Å². The number of rotatable bonds is 5. The molecule has 0 amide bonds. The Kier molecular flexibility index (Phi) is 5.31. The molecule has 0 heterocycles. The molecule has 0 bridgehead atoms. The fourth-order valence-electron chi connectivity index (χ4n) is 0.697. The smallest absolute Gasteiger partial charge is 0.110 e. The molecule has 0 aromatic carbocycles. The second-order valence-electron chi connectivity index (χ2n) is 2.58. The fraction of sp³-hybridized carbons (Fsp3) is 1.00. The molecule has 0 unspecified atom stereocenters. The Morgan fingerprint density at radius 1 is 0.917 bits per heavy atom. The Labute approximate surface area is 69.9 Å². The quantitative estimate of drug-likeness (QED) is 0.260. The van der Waals surface area contributed by atoms with Gasteiger partial charge in [0.2, 0.25) is 0 Å². The van der Waals surface area contributed by atoms with Crippen molar-refractivity contribution in [3.8, 4) is 0 Å². The Hall–Kier alpha value is -0.240. The zero-order valence-corrected chi connectivity index (χ0v) is 6.54. The fourth-order valence-corrected chi connectivity index (χ4v) is 0.697. The summed E-state index contributed by atoms with van der Waals surface area (Å²) < 4.78 is 0. The van der Waals surface area contributed by atoms with Crippen LogP contribution in [0.3, 0.4) is 0 Å². The molecule has 0 saturated carbocycles. The molecule has 0 spiro atoms. The largest absolute Gasteiger partial charge is 0.395 e. The van der Waals surface area contributed by atoms with Gasteiger partial charge in [-0.3, -0.25) is 0 Å². The first kappa shape index (κ1) is 11.8. The molecule has 7 N–H and O–H groups in total. The van der Waals surface area contributed by atoms with E-state index >= 15 is 0 Å². The second-order valence-corrected chi connectivity index (χ2v) is 2.58. The lowest BCUT2D eigenvalue weighted by Crippen LogP contribution is -2.50. The third-order valence-electron chi connectivity index (χ3n) is 1.58. The van der Waals surface area contributed by atoms with Gasteiger partial charge >= 0.3 is 0 Å². The summed E-state index contributed by atoms with van der Waals surface area (Å²) in [6.45, 7) is -1.17. The van der Waals surface area contributed by atoms with E-state index in [9.17, 15) is 0 Å². The van der Waals surface area contributed by atoms with E-state index in [1.54, 1.807) is 0 Å². The molecule has 12 heavy (non-hydrogen) atoms. The number of hydrogen-bond donors (Lipinski definition) is 6. The van der Waals surface area contributed by atoms with Gasteiger partial charge in [0.05, 0.1) is 25.4 Å². The van der Waals surface area contributed by atoms with Crippen LogP contribution in [-0.4, -0.2) is 63.1 Å².